The Morgan fingerprint density at radius 2 is 1.65 bits per heavy atom. The van der Waals surface area contributed by atoms with E-state index in [2.05, 4.69) is 16.0 Å². The lowest BCUT2D eigenvalue weighted by atomic mass is 10.0. The molecule has 0 N–H and O–H groups in total. The topological polar surface area (TPSA) is 75.9 Å². The zero-order chi connectivity index (χ0) is 18.7. The van der Waals surface area contributed by atoms with Crippen LogP contribution in [0.4, 0.5) is 0 Å². The fourth-order valence-corrected chi connectivity index (χ4v) is 2.77. The molecule has 0 aliphatic rings. The van der Waals surface area contributed by atoms with Crippen LogP contribution in [0.3, 0.4) is 0 Å². The number of aryl methyl sites for hydroxylation is 2. The van der Waals surface area contributed by atoms with Gasteiger partial charge in [-0.1, -0.05) is 36.4 Å². The number of methoxy groups -OCH3 is 1. The number of carbonyl (C=O) groups is 1. The van der Waals surface area contributed by atoms with E-state index in [0.717, 1.165) is 22.4 Å². The van der Waals surface area contributed by atoms with Gasteiger partial charge >= 0.3 is 5.97 Å². The summed E-state index contributed by atoms with van der Waals surface area (Å²) in [4.78, 5) is 20.5. The van der Waals surface area contributed by atoms with Crippen LogP contribution in [0.2, 0.25) is 0 Å². The molecule has 26 heavy (non-hydrogen) atoms. The molecule has 0 aliphatic heterocycles. The summed E-state index contributed by atoms with van der Waals surface area (Å²) in [7, 11) is 1.37. The third kappa shape index (κ3) is 3.31. The van der Waals surface area contributed by atoms with E-state index in [1.807, 2.05) is 43.3 Å². The third-order valence-corrected chi connectivity index (χ3v) is 4.13. The van der Waals surface area contributed by atoms with Crippen LogP contribution in [0.25, 0.3) is 22.4 Å². The number of benzene rings is 2. The molecule has 1 heterocycles. The largest absolute Gasteiger partial charge is 0.465 e. The number of nitrogens with zero attached hydrogens (tertiary/aromatic N) is 3. The highest BCUT2D eigenvalue weighted by Gasteiger charge is 2.11. The van der Waals surface area contributed by atoms with Gasteiger partial charge in [-0.05, 0) is 37.1 Å². The number of carbonyl (C=O) groups excluding carboxylic acids is 1. The normalized spacial score (nSPS) is 10.2. The average Bonchev–Trinajstić information content (AvgIpc) is 2.68. The molecule has 5 heteroatoms. The molecule has 128 valence electrons. The zero-order valence-corrected chi connectivity index (χ0v) is 14.8. The van der Waals surface area contributed by atoms with E-state index in [4.69, 9.17) is 4.74 Å². The molecule has 0 saturated carbocycles. The Morgan fingerprint density at radius 3 is 2.31 bits per heavy atom. The number of aromatic nitrogens is 2. The molecule has 3 rings (SSSR count). The Hall–Kier alpha value is -3.52. The average molecular weight is 343 g/mol. The fraction of sp³-hybridized carbons (Fsp3) is 0.143. The van der Waals surface area contributed by atoms with Crippen molar-refractivity contribution in [2.75, 3.05) is 7.11 Å². The van der Waals surface area contributed by atoms with Gasteiger partial charge in [-0.2, -0.15) is 5.26 Å². The van der Waals surface area contributed by atoms with E-state index in [1.54, 1.807) is 19.1 Å². The zero-order valence-electron chi connectivity index (χ0n) is 14.8. The van der Waals surface area contributed by atoms with E-state index in [1.165, 1.54) is 7.11 Å². The molecule has 0 amide bonds. The number of esters is 1. The lowest BCUT2D eigenvalue weighted by Crippen LogP contribution is -2.01. The van der Waals surface area contributed by atoms with Crippen LogP contribution in [0, 0.1) is 25.2 Å². The molecule has 0 saturated heterocycles. The molecular formula is C21H17N3O2. The van der Waals surface area contributed by atoms with Gasteiger partial charge < -0.3 is 4.74 Å². The molecule has 3 aromatic rings. The number of ether oxygens (including phenoxy) is 1. The maximum Gasteiger partial charge on any atom is 0.337 e. The summed E-state index contributed by atoms with van der Waals surface area (Å²) in [6.45, 7) is 3.66. The highest BCUT2D eigenvalue weighted by Crippen LogP contribution is 2.26. The minimum atomic E-state index is -0.363. The Labute approximate surface area is 151 Å². The standard InChI is InChI=1S/C21H17N3O2/c1-13-19(12-22)24-20(14(2)23-13)16-9-7-15(8-10-16)17-5-4-6-18(11-17)21(25)26-3/h4-11H,1-3H3. The van der Waals surface area contributed by atoms with Gasteiger partial charge in [0.2, 0.25) is 0 Å². The highest BCUT2D eigenvalue weighted by molar-refractivity contribution is 5.91. The SMILES string of the molecule is COC(=O)c1cccc(-c2ccc(-c3nc(C#N)c(C)nc3C)cc2)c1. The summed E-state index contributed by atoms with van der Waals surface area (Å²) >= 11 is 0. The van der Waals surface area contributed by atoms with Gasteiger partial charge in [0, 0.05) is 5.56 Å². The first-order valence-electron chi connectivity index (χ1n) is 8.08. The number of rotatable bonds is 3. The molecule has 2 aromatic carbocycles. The first kappa shape index (κ1) is 17.3. The second kappa shape index (κ2) is 7.16. The lowest BCUT2D eigenvalue weighted by Gasteiger charge is -2.09. The Kier molecular flexibility index (Phi) is 4.76. The van der Waals surface area contributed by atoms with Crippen molar-refractivity contribution in [1.82, 2.24) is 9.97 Å². The van der Waals surface area contributed by atoms with Gasteiger partial charge in [-0.25, -0.2) is 9.78 Å². The predicted octanol–water partition coefficient (Wildman–Crippen LogP) is 4.09. The van der Waals surface area contributed by atoms with Crippen molar-refractivity contribution in [3.63, 3.8) is 0 Å². The van der Waals surface area contributed by atoms with E-state index in [9.17, 15) is 10.1 Å². The summed E-state index contributed by atoms with van der Waals surface area (Å²) in [5, 5.41) is 9.17. The van der Waals surface area contributed by atoms with Crippen LogP contribution < -0.4 is 0 Å². The van der Waals surface area contributed by atoms with Crippen LogP contribution in [0.1, 0.15) is 27.4 Å². The molecular weight excluding hydrogens is 326 g/mol. The fourth-order valence-electron chi connectivity index (χ4n) is 2.77. The van der Waals surface area contributed by atoms with Gasteiger partial charge in [0.15, 0.2) is 5.69 Å². The first-order chi connectivity index (χ1) is 12.5. The van der Waals surface area contributed by atoms with E-state index >= 15 is 0 Å². The van der Waals surface area contributed by atoms with Crippen LogP contribution in [-0.2, 0) is 4.74 Å². The molecule has 0 bridgehead atoms. The molecule has 0 radical (unpaired) electrons. The van der Waals surface area contributed by atoms with Crippen molar-refractivity contribution in [2.45, 2.75) is 13.8 Å². The Bertz CT molecular complexity index is 1020. The Balaban J connectivity index is 1.98. The van der Waals surface area contributed by atoms with Gasteiger partial charge in [0.1, 0.15) is 6.07 Å². The number of nitriles is 1. The molecule has 0 fully saturated rings. The van der Waals surface area contributed by atoms with E-state index in [0.29, 0.717) is 22.6 Å². The van der Waals surface area contributed by atoms with E-state index in [-0.39, 0.29) is 5.97 Å². The van der Waals surface area contributed by atoms with Crippen LogP contribution in [0.5, 0.6) is 0 Å². The van der Waals surface area contributed by atoms with Crippen molar-refractivity contribution >= 4 is 5.97 Å². The van der Waals surface area contributed by atoms with Crippen molar-refractivity contribution in [2.24, 2.45) is 0 Å². The van der Waals surface area contributed by atoms with Crippen molar-refractivity contribution in [3.8, 4) is 28.5 Å². The molecule has 5 nitrogen and oxygen atoms in total. The van der Waals surface area contributed by atoms with Crippen molar-refractivity contribution in [1.29, 1.82) is 5.26 Å². The smallest absolute Gasteiger partial charge is 0.337 e. The maximum atomic E-state index is 11.7. The second-order valence-electron chi connectivity index (χ2n) is 5.85. The minimum absolute atomic E-state index is 0.334. The summed E-state index contributed by atoms with van der Waals surface area (Å²) < 4.78 is 4.77. The first-order valence-corrected chi connectivity index (χ1v) is 8.08. The molecule has 0 aliphatic carbocycles. The van der Waals surface area contributed by atoms with Gasteiger partial charge in [-0.3, -0.25) is 4.98 Å². The molecule has 0 spiro atoms. The van der Waals surface area contributed by atoms with Crippen LogP contribution in [-0.4, -0.2) is 23.0 Å². The van der Waals surface area contributed by atoms with Gasteiger partial charge in [0.05, 0.1) is 29.8 Å². The quantitative estimate of drug-likeness (QED) is 0.670. The maximum absolute atomic E-state index is 11.7. The third-order valence-electron chi connectivity index (χ3n) is 4.13. The summed E-state index contributed by atoms with van der Waals surface area (Å²) in [6.07, 6.45) is 0. The number of hydrogen-bond donors (Lipinski definition) is 0. The summed E-state index contributed by atoms with van der Waals surface area (Å²) in [6, 6.07) is 17.1. The Morgan fingerprint density at radius 1 is 0.962 bits per heavy atom. The van der Waals surface area contributed by atoms with Gasteiger partial charge in [0.25, 0.3) is 0 Å². The van der Waals surface area contributed by atoms with Crippen molar-refractivity contribution in [3.05, 3.63) is 71.2 Å². The number of hydrogen-bond acceptors (Lipinski definition) is 5. The summed E-state index contributed by atoms with van der Waals surface area (Å²) in [5.74, 6) is -0.363. The highest BCUT2D eigenvalue weighted by atomic mass is 16.5. The minimum Gasteiger partial charge on any atom is -0.465 e. The second-order valence-corrected chi connectivity index (χ2v) is 5.85. The van der Waals surface area contributed by atoms with Crippen LogP contribution in [0.15, 0.2) is 48.5 Å². The van der Waals surface area contributed by atoms with Gasteiger partial charge in [-0.15, -0.1) is 0 Å². The lowest BCUT2D eigenvalue weighted by molar-refractivity contribution is 0.0601. The molecule has 0 unspecified atom stereocenters. The monoisotopic (exact) mass is 343 g/mol. The molecule has 0 atom stereocenters. The van der Waals surface area contributed by atoms with E-state index < -0.39 is 0 Å². The van der Waals surface area contributed by atoms with Crippen molar-refractivity contribution < 1.29 is 9.53 Å². The van der Waals surface area contributed by atoms with Crippen LogP contribution >= 0.6 is 0 Å². The summed E-state index contributed by atoms with van der Waals surface area (Å²) in [5.41, 5.74) is 5.73. The molecule has 1 aromatic heterocycles. The predicted molar refractivity (Wildman–Crippen MR) is 98.4 cm³/mol.